The van der Waals surface area contributed by atoms with Crippen LogP contribution in [-0.2, 0) is 15.7 Å². The summed E-state index contributed by atoms with van der Waals surface area (Å²) in [5.74, 6) is -0.104. The maximum atomic E-state index is 12.8. The molecule has 2 aliphatic rings. The number of hydrogen-bond donors (Lipinski definition) is 1. The quantitative estimate of drug-likeness (QED) is 0.907. The third-order valence-electron chi connectivity index (χ3n) is 3.84. The summed E-state index contributed by atoms with van der Waals surface area (Å²) in [6, 6.07) is 5.02. The van der Waals surface area contributed by atoms with E-state index in [0.717, 1.165) is 12.1 Å². The lowest BCUT2D eigenvalue weighted by atomic mass is 10.1. The number of hydrogen-bond acceptors (Lipinski definition) is 3. The number of alkyl halides is 3. The number of rotatable bonds is 2. The summed E-state index contributed by atoms with van der Waals surface area (Å²) in [4.78, 5) is 13.6. The van der Waals surface area contributed by atoms with Gasteiger partial charge < -0.3 is 9.64 Å². The summed E-state index contributed by atoms with van der Waals surface area (Å²) < 4.78 is 43.7. The lowest BCUT2D eigenvalue weighted by Crippen LogP contribution is -2.40. The zero-order valence-electron chi connectivity index (χ0n) is 11.2. The highest BCUT2D eigenvalue weighted by molar-refractivity contribution is 5.81. The number of halogens is 3. The van der Waals surface area contributed by atoms with Crippen molar-refractivity contribution in [1.82, 2.24) is 10.2 Å². The van der Waals surface area contributed by atoms with Crippen LogP contribution in [0.15, 0.2) is 24.3 Å². The normalized spacial score (nSPS) is 26.6. The van der Waals surface area contributed by atoms with Gasteiger partial charge in [0.05, 0.1) is 24.8 Å². The van der Waals surface area contributed by atoms with E-state index in [2.05, 4.69) is 5.32 Å². The molecule has 1 aromatic carbocycles. The van der Waals surface area contributed by atoms with Gasteiger partial charge in [-0.25, -0.2) is 0 Å². The molecular weight excluding hydrogens is 285 g/mol. The minimum Gasteiger partial charge on any atom is -0.379 e. The molecular formula is C14H15F3N2O2. The number of benzene rings is 1. The van der Waals surface area contributed by atoms with Crippen LogP contribution in [0.25, 0.3) is 0 Å². The number of carbonyl (C=O) groups excluding carboxylic acids is 1. The third kappa shape index (κ3) is 2.75. The minimum atomic E-state index is -4.39. The van der Waals surface area contributed by atoms with Gasteiger partial charge in [0.1, 0.15) is 6.17 Å². The fourth-order valence-corrected chi connectivity index (χ4v) is 2.84. The summed E-state index contributed by atoms with van der Waals surface area (Å²) in [6.45, 7) is 1.14. The molecule has 0 spiro atoms. The second-order valence-electron chi connectivity index (χ2n) is 5.23. The number of nitrogens with one attached hydrogen (secondary N) is 1. The molecule has 0 bridgehead atoms. The Morgan fingerprint density at radius 1 is 1.33 bits per heavy atom. The second kappa shape index (κ2) is 5.31. The van der Waals surface area contributed by atoms with Gasteiger partial charge in [0.25, 0.3) is 0 Å². The highest BCUT2D eigenvalue weighted by Crippen LogP contribution is 2.33. The van der Waals surface area contributed by atoms with Crippen LogP contribution in [0, 0.1) is 0 Å². The Morgan fingerprint density at radius 3 is 2.81 bits per heavy atom. The van der Waals surface area contributed by atoms with E-state index in [1.807, 2.05) is 0 Å². The topological polar surface area (TPSA) is 41.6 Å². The summed E-state index contributed by atoms with van der Waals surface area (Å²) in [7, 11) is 0. The van der Waals surface area contributed by atoms with Crippen molar-refractivity contribution in [3.8, 4) is 0 Å². The van der Waals surface area contributed by atoms with Crippen molar-refractivity contribution in [2.24, 2.45) is 0 Å². The molecule has 0 saturated carbocycles. The minimum absolute atomic E-state index is 0.0768. The smallest absolute Gasteiger partial charge is 0.379 e. The predicted molar refractivity (Wildman–Crippen MR) is 68.3 cm³/mol. The highest BCUT2D eigenvalue weighted by Gasteiger charge is 2.39. The average molecular weight is 300 g/mol. The van der Waals surface area contributed by atoms with E-state index < -0.39 is 17.9 Å². The van der Waals surface area contributed by atoms with Gasteiger partial charge in [-0.2, -0.15) is 13.2 Å². The van der Waals surface area contributed by atoms with Gasteiger partial charge in [-0.1, -0.05) is 12.1 Å². The molecule has 7 heteroatoms. The van der Waals surface area contributed by atoms with Gasteiger partial charge in [-0.05, 0) is 24.1 Å². The van der Waals surface area contributed by atoms with Crippen LogP contribution < -0.4 is 5.32 Å². The van der Waals surface area contributed by atoms with Crippen molar-refractivity contribution in [3.63, 3.8) is 0 Å². The SMILES string of the molecule is O=C1CNC(c2cccc(C(F)(F)F)c2)N1C1CCOC1. The van der Waals surface area contributed by atoms with Crippen molar-refractivity contribution in [2.75, 3.05) is 19.8 Å². The molecule has 4 nitrogen and oxygen atoms in total. The molecule has 0 aromatic heterocycles. The van der Waals surface area contributed by atoms with Crippen molar-refractivity contribution in [2.45, 2.75) is 24.8 Å². The van der Waals surface area contributed by atoms with E-state index in [0.29, 0.717) is 25.2 Å². The predicted octanol–water partition coefficient (Wildman–Crippen LogP) is 1.92. The van der Waals surface area contributed by atoms with Crippen LogP contribution in [-0.4, -0.2) is 36.6 Å². The number of nitrogens with zero attached hydrogens (tertiary/aromatic N) is 1. The molecule has 2 aliphatic heterocycles. The first-order valence-corrected chi connectivity index (χ1v) is 6.76. The van der Waals surface area contributed by atoms with Gasteiger partial charge in [0.15, 0.2) is 0 Å². The fraction of sp³-hybridized carbons (Fsp3) is 0.500. The molecule has 2 atom stereocenters. The highest BCUT2D eigenvalue weighted by atomic mass is 19.4. The Hall–Kier alpha value is -1.60. The maximum absolute atomic E-state index is 12.8. The Labute approximate surface area is 119 Å². The standard InChI is InChI=1S/C14H15F3N2O2/c15-14(16,17)10-3-1-2-9(6-10)13-18-7-12(20)19(13)11-4-5-21-8-11/h1-3,6,11,13,18H,4-5,7-8H2. The summed E-state index contributed by atoms with van der Waals surface area (Å²) >= 11 is 0. The molecule has 1 aromatic rings. The second-order valence-corrected chi connectivity index (χ2v) is 5.23. The van der Waals surface area contributed by atoms with E-state index in [4.69, 9.17) is 4.74 Å². The number of ether oxygens (including phenoxy) is 1. The maximum Gasteiger partial charge on any atom is 0.416 e. The molecule has 2 heterocycles. The van der Waals surface area contributed by atoms with Gasteiger partial charge >= 0.3 is 6.18 Å². The molecule has 3 rings (SSSR count). The largest absolute Gasteiger partial charge is 0.416 e. The molecule has 0 aliphatic carbocycles. The van der Waals surface area contributed by atoms with Crippen molar-refractivity contribution >= 4 is 5.91 Å². The Morgan fingerprint density at radius 2 is 2.14 bits per heavy atom. The van der Waals surface area contributed by atoms with E-state index >= 15 is 0 Å². The Balaban J connectivity index is 1.90. The van der Waals surface area contributed by atoms with Gasteiger partial charge in [0.2, 0.25) is 5.91 Å². The van der Waals surface area contributed by atoms with E-state index in [1.54, 1.807) is 11.0 Å². The molecule has 114 valence electrons. The average Bonchev–Trinajstić information content (AvgIpc) is 3.06. The fourth-order valence-electron chi connectivity index (χ4n) is 2.84. The number of amides is 1. The Bertz CT molecular complexity index is 541. The molecule has 21 heavy (non-hydrogen) atoms. The molecule has 0 radical (unpaired) electrons. The monoisotopic (exact) mass is 300 g/mol. The van der Waals surface area contributed by atoms with Crippen LogP contribution in [0.2, 0.25) is 0 Å². The number of carbonyl (C=O) groups is 1. The molecule has 2 fully saturated rings. The van der Waals surface area contributed by atoms with E-state index in [9.17, 15) is 18.0 Å². The molecule has 2 saturated heterocycles. The van der Waals surface area contributed by atoms with Crippen LogP contribution in [0.5, 0.6) is 0 Å². The summed E-state index contributed by atoms with van der Waals surface area (Å²) in [6.07, 6.45) is -4.20. The van der Waals surface area contributed by atoms with E-state index in [1.165, 1.54) is 6.07 Å². The molecule has 1 N–H and O–H groups in total. The van der Waals surface area contributed by atoms with Crippen LogP contribution in [0.1, 0.15) is 23.7 Å². The van der Waals surface area contributed by atoms with Crippen molar-refractivity contribution in [3.05, 3.63) is 35.4 Å². The zero-order chi connectivity index (χ0) is 15.0. The van der Waals surface area contributed by atoms with Crippen LogP contribution >= 0.6 is 0 Å². The van der Waals surface area contributed by atoms with Crippen molar-refractivity contribution in [1.29, 1.82) is 0 Å². The Kier molecular flexibility index (Phi) is 3.62. The first kappa shape index (κ1) is 14.3. The first-order valence-electron chi connectivity index (χ1n) is 6.76. The lowest BCUT2D eigenvalue weighted by molar-refractivity contribution is -0.137. The molecule has 1 amide bonds. The summed E-state index contributed by atoms with van der Waals surface area (Å²) in [5.41, 5.74) is -0.258. The zero-order valence-corrected chi connectivity index (χ0v) is 11.2. The van der Waals surface area contributed by atoms with Gasteiger partial charge in [-0.15, -0.1) is 0 Å². The van der Waals surface area contributed by atoms with Crippen LogP contribution in [0.4, 0.5) is 13.2 Å². The van der Waals surface area contributed by atoms with E-state index in [-0.39, 0.29) is 18.5 Å². The van der Waals surface area contributed by atoms with Crippen molar-refractivity contribution < 1.29 is 22.7 Å². The van der Waals surface area contributed by atoms with Gasteiger partial charge in [0, 0.05) is 6.61 Å². The third-order valence-corrected chi connectivity index (χ3v) is 3.84. The van der Waals surface area contributed by atoms with Crippen LogP contribution in [0.3, 0.4) is 0 Å². The lowest BCUT2D eigenvalue weighted by Gasteiger charge is -2.29. The summed E-state index contributed by atoms with van der Waals surface area (Å²) in [5, 5.41) is 2.98. The molecule has 2 unspecified atom stereocenters. The first-order chi connectivity index (χ1) is 9.97. The van der Waals surface area contributed by atoms with Gasteiger partial charge in [-0.3, -0.25) is 10.1 Å².